The molecular formula is C17H20N4O2. The molecule has 0 amide bonds. The number of aromatic amines is 1. The van der Waals surface area contributed by atoms with Crippen molar-refractivity contribution in [1.29, 1.82) is 0 Å². The molecule has 1 aliphatic rings. The molecule has 1 saturated heterocycles. The summed E-state index contributed by atoms with van der Waals surface area (Å²) in [5.74, 6) is 0. The number of hydrogen-bond donors (Lipinski definition) is 2. The van der Waals surface area contributed by atoms with E-state index in [0.717, 1.165) is 41.5 Å². The molecule has 2 N–H and O–H groups in total. The number of aromatic nitrogens is 3. The Bertz CT molecular complexity index is 927. The number of aliphatic hydroxyl groups excluding tert-OH is 1. The fourth-order valence-corrected chi connectivity index (χ4v) is 3.69. The minimum atomic E-state index is -0.0861. The number of rotatable bonds is 3. The molecule has 1 atom stereocenters. The maximum Gasteiger partial charge on any atom is 0.257 e. The molecule has 4 rings (SSSR count). The molecule has 0 spiro atoms. The third-order valence-corrected chi connectivity index (χ3v) is 4.86. The zero-order valence-electron chi connectivity index (χ0n) is 13.1. The standard InChI is InChI=1S/C17H20N4O2/c1-20-16-15(12-6-2-3-7-13(12)17(23)18-16)14(19-20)9-21-8-4-5-11(21)10-22/h2-3,6-7,11,22H,4-5,8-10H2,1H3,(H,18,23). The van der Waals surface area contributed by atoms with Gasteiger partial charge in [-0.2, -0.15) is 5.10 Å². The van der Waals surface area contributed by atoms with Crippen LogP contribution in [0.25, 0.3) is 21.8 Å². The Labute approximate surface area is 133 Å². The van der Waals surface area contributed by atoms with Crippen LogP contribution in [0.5, 0.6) is 0 Å². The number of likely N-dealkylation sites (tertiary alicyclic amines) is 1. The van der Waals surface area contributed by atoms with Crippen molar-refractivity contribution < 1.29 is 5.11 Å². The zero-order valence-corrected chi connectivity index (χ0v) is 13.1. The molecule has 1 unspecified atom stereocenters. The van der Waals surface area contributed by atoms with Crippen LogP contribution < -0.4 is 5.56 Å². The molecule has 2 aromatic heterocycles. The largest absolute Gasteiger partial charge is 0.395 e. The van der Waals surface area contributed by atoms with Gasteiger partial charge < -0.3 is 10.1 Å². The van der Waals surface area contributed by atoms with Gasteiger partial charge >= 0.3 is 0 Å². The first-order valence-electron chi connectivity index (χ1n) is 8.00. The summed E-state index contributed by atoms with van der Waals surface area (Å²) in [4.78, 5) is 17.5. The molecule has 6 nitrogen and oxygen atoms in total. The third kappa shape index (κ3) is 2.26. The predicted octanol–water partition coefficient (Wildman–Crippen LogP) is 1.37. The van der Waals surface area contributed by atoms with Crippen LogP contribution in [0.3, 0.4) is 0 Å². The van der Waals surface area contributed by atoms with Gasteiger partial charge in [-0.05, 0) is 25.5 Å². The first-order chi connectivity index (χ1) is 11.2. The molecule has 120 valence electrons. The minimum absolute atomic E-state index is 0.0861. The summed E-state index contributed by atoms with van der Waals surface area (Å²) in [6, 6.07) is 7.86. The van der Waals surface area contributed by atoms with E-state index in [0.29, 0.717) is 11.9 Å². The van der Waals surface area contributed by atoms with Crippen LogP contribution in [0.2, 0.25) is 0 Å². The molecule has 1 fully saturated rings. The number of hydrogen-bond acceptors (Lipinski definition) is 4. The van der Waals surface area contributed by atoms with Crippen LogP contribution in [-0.4, -0.2) is 44.0 Å². The highest BCUT2D eigenvalue weighted by atomic mass is 16.3. The number of nitrogens with one attached hydrogen (secondary N) is 1. The topological polar surface area (TPSA) is 74.2 Å². The van der Waals surface area contributed by atoms with Gasteiger partial charge in [-0.25, -0.2) is 0 Å². The fraction of sp³-hybridized carbons (Fsp3) is 0.412. The second-order valence-electron chi connectivity index (χ2n) is 6.24. The van der Waals surface area contributed by atoms with Crippen molar-refractivity contribution in [2.24, 2.45) is 7.05 Å². The van der Waals surface area contributed by atoms with E-state index >= 15 is 0 Å². The lowest BCUT2D eigenvalue weighted by Gasteiger charge is -2.21. The molecule has 3 heterocycles. The molecule has 0 saturated carbocycles. The second-order valence-corrected chi connectivity index (χ2v) is 6.24. The highest BCUT2D eigenvalue weighted by Gasteiger charge is 2.26. The number of fused-ring (bicyclic) bond motifs is 3. The number of H-pyrrole nitrogens is 1. The molecule has 0 aliphatic carbocycles. The molecule has 6 heteroatoms. The summed E-state index contributed by atoms with van der Waals surface area (Å²) in [6.07, 6.45) is 2.13. The second kappa shape index (κ2) is 5.47. The molecular weight excluding hydrogens is 292 g/mol. The van der Waals surface area contributed by atoms with E-state index in [4.69, 9.17) is 0 Å². The summed E-state index contributed by atoms with van der Waals surface area (Å²) < 4.78 is 1.74. The van der Waals surface area contributed by atoms with E-state index in [9.17, 15) is 9.90 Å². The van der Waals surface area contributed by atoms with Crippen molar-refractivity contribution >= 4 is 21.8 Å². The number of nitrogens with zero attached hydrogens (tertiary/aromatic N) is 3. The Balaban J connectivity index is 1.90. The maximum atomic E-state index is 12.3. The van der Waals surface area contributed by atoms with Gasteiger partial charge in [0.25, 0.3) is 5.56 Å². The van der Waals surface area contributed by atoms with Crippen molar-refractivity contribution in [3.63, 3.8) is 0 Å². The quantitative estimate of drug-likeness (QED) is 0.766. The summed E-state index contributed by atoms with van der Waals surface area (Å²) in [6.45, 7) is 1.85. The van der Waals surface area contributed by atoms with Crippen molar-refractivity contribution in [1.82, 2.24) is 19.7 Å². The lowest BCUT2D eigenvalue weighted by atomic mass is 10.1. The summed E-state index contributed by atoms with van der Waals surface area (Å²) in [5, 5.41) is 16.8. The summed E-state index contributed by atoms with van der Waals surface area (Å²) in [7, 11) is 1.85. The normalized spacial score (nSPS) is 19.1. The first kappa shape index (κ1) is 14.4. The zero-order chi connectivity index (χ0) is 16.0. The molecule has 1 aliphatic heterocycles. The molecule has 0 radical (unpaired) electrons. The highest BCUT2D eigenvalue weighted by molar-refractivity contribution is 6.05. The SMILES string of the molecule is Cn1nc(CN2CCCC2CO)c2c3ccccc3c(=O)[nH]c21. The molecule has 3 aromatic rings. The van der Waals surface area contributed by atoms with Crippen LogP contribution in [0, 0.1) is 0 Å². The Morgan fingerprint density at radius 1 is 1.35 bits per heavy atom. The van der Waals surface area contributed by atoms with Crippen molar-refractivity contribution in [2.75, 3.05) is 13.2 Å². The maximum absolute atomic E-state index is 12.3. The van der Waals surface area contributed by atoms with E-state index in [2.05, 4.69) is 15.0 Å². The molecule has 0 bridgehead atoms. The molecule has 1 aromatic carbocycles. The highest BCUT2D eigenvalue weighted by Crippen LogP contribution is 2.27. The van der Waals surface area contributed by atoms with Gasteiger partial charge in [0.2, 0.25) is 0 Å². The van der Waals surface area contributed by atoms with Crippen LogP contribution in [0.4, 0.5) is 0 Å². The minimum Gasteiger partial charge on any atom is -0.395 e. The number of pyridine rings is 1. The van der Waals surface area contributed by atoms with Gasteiger partial charge in [0.1, 0.15) is 5.65 Å². The van der Waals surface area contributed by atoms with Gasteiger partial charge in [-0.15, -0.1) is 0 Å². The lowest BCUT2D eigenvalue weighted by molar-refractivity contribution is 0.152. The Hall–Kier alpha value is -2.18. The Morgan fingerprint density at radius 2 is 2.13 bits per heavy atom. The van der Waals surface area contributed by atoms with Crippen molar-refractivity contribution in [2.45, 2.75) is 25.4 Å². The number of aryl methyl sites for hydroxylation is 1. The number of benzene rings is 1. The van der Waals surface area contributed by atoms with Crippen LogP contribution >= 0.6 is 0 Å². The van der Waals surface area contributed by atoms with Crippen molar-refractivity contribution in [3.8, 4) is 0 Å². The van der Waals surface area contributed by atoms with E-state index in [1.54, 1.807) is 4.68 Å². The summed E-state index contributed by atoms with van der Waals surface area (Å²) >= 11 is 0. The van der Waals surface area contributed by atoms with E-state index < -0.39 is 0 Å². The fourth-order valence-electron chi connectivity index (χ4n) is 3.69. The Morgan fingerprint density at radius 3 is 2.91 bits per heavy atom. The number of aliphatic hydroxyl groups is 1. The van der Waals surface area contributed by atoms with Gasteiger partial charge in [-0.1, -0.05) is 18.2 Å². The van der Waals surface area contributed by atoms with Crippen LogP contribution in [-0.2, 0) is 13.6 Å². The van der Waals surface area contributed by atoms with Crippen LogP contribution in [0.15, 0.2) is 29.1 Å². The summed E-state index contributed by atoms with van der Waals surface area (Å²) in [5.41, 5.74) is 1.62. The van der Waals surface area contributed by atoms with E-state index in [1.807, 2.05) is 31.3 Å². The van der Waals surface area contributed by atoms with E-state index in [1.165, 1.54) is 0 Å². The monoisotopic (exact) mass is 312 g/mol. The van der Waals surface area contributed by atoms with E-state index in [-0.39, 0.29) is 18.2 Å². The van der Waals surface area contributed by atoms with Gasteiger partial charge in [-0.3, -0.25) is 14.4 Å². The lowest BCUT2D eigenvalue weighted by Crippen LogP contribution is -2.31. The van der Waals surface area contributed by atoms with Crippen molar-refractivity contribution in [3.05, 3.63) is 40.3 Å². The average Bonchev–Trinajstić information content (AvgIpc) is 3.13. The van der Waals surface area contributed by atoms with Gasteiger partial charge in [0.05, 0.1) is 12.3 Å². The van der Waals surface area contributed by atoms with Gasteiger partial charge in [0.15, 0.2) is 0 Å². The van der Waals surface area contributed by atoms with Gasteiger partial charge in [0, 0.05) is 35.8 Å². The average molecular weight is 312 g/mol. The van der Waals surface area contributed by atoms with Crippen LogP contribution in [0.1, 0.15) is 18.5 Å². The predicted molar refractivity (Wildman–Crippen MR) is 89.4 cm³/mol. The first-order valence-corrected chi connectivity index (χ1v) is 8.00. The smallest absolute Gasteiger partial charge is 0.257 e. The Kier molecular flexibility index (Phi) is 3.43. The third-order valence-electron chi connectivity index (χ3n) is 4.86. The molecule has 23 heavy (non-hydrogen) atoms.